The van der Waals surface area contributed by atoms with Crippen LogP contribution in [0.15, 0.2) is 48.5 Å². The molecule has 0 saturated heterocycles. The maximum atomic E-state index is 12.5. The third kappa shape index (κ3) is 2.41. The number of ether oxygens (including phenoxy) is 1. The molecule has 4 rings (SSSR count). The van der Waals surface area contributed by atoms with E-state index < -0.39 is 5.97 Å². The number of nitrogen functional groups attached to an aromatic ring is 1. The molecule has 0 bridgehead atoms. The van der Waals surface area contributed by atoms with Crippen molar-refractivity contribution in [3.05, 3.63) is 54.1 Å². The zero-order valence-corrected chi connectivity index (χ0v) is 14.0. The van der Waals surface area contributed by atoms with Crippen LogP contribution in [0.3, 0.4) is 0 Å². The van der Waals surface area contributed by atoms with Crippen molar-refractivity contribution in [1.29, 1.82) is 0 Å². The largest absolute Gasteiger partial charge is 0.508 e. The van der Waals surface area contributed by atoms with Gasteiger partial charge in [-0.15, -0.1) is 0 Å². The number of anilines is 1. The number of hydrogen-bond donors (Lipinski definition) is 2. The number of phenols is 1. The molecule has 0 fully saturated rings. The van der Waals surface area contributed by atoms with E-state index in [0.717, 1.165) is 0 Å². The average Bonchev–Trinajstić information content (AvgIpc) is 2.92. The summed E-state index contributed by atoms with van der Waals surface area (Å²) in [5, 5.41) is 9.55. The number of para-hydroxylation sites is 2. The molecule has 0 amide bonds. The van der Waals surface area contributed by atoms with Crippen LogP contribution >= 0.6 is 0 Å². The number of phenolic OH excluding ortho intramolecular Hbond substituents is 1. The highest BCUT2D eigenvalue weighted by Gasteiger charge is 2.25. The number of fused-ring (bicyclic) bond motifs is 2. The number of hydrogen-bond acceptors (Lipinski definition) is 6. The fraction of sp³-hybridized carbons (Fsp3) is 0.105. The van der Waals surface area contributed by atoms with Crippen LogP contribution in [0, 0.1) is 0 Å². The molecule has 0 unspecified atom stereocenters. The first-order chi connectivity index (χ1) is 12.6. The predicted octanol–water partition coefficient (Wildman–Crippen LogP) is 3.04. The van der Waals surface area contributed by atoms with Crippen LogP contribution in [0.5, 0.6) is 5.75 Å². The molecule has 0 aliphatic heterocycles. The summed E-state index contributed by atoms with van der Waals surface area (Å²) in [5.74, 6) is -0.220. The first-order valence-electron chi connectivity index (χ1n) is 8.13. The topological polar surface area (TPSA) is 103 Å². The van der Waals surface area contributed by atoms with Gasteiger partial charge in [0, 0.05) is 5.69 Å². The van der Waals surface area contributed by atoms with Gasteiger partial charge in [0.1, 0.15) is 22.6 Å². The van der Waals surface area contributed by atoms with E-state index in [1.165, 1.54) is 0 Å². The number of carbonyl (C=O) groups excluding carboxylic acids is 1. The first-order valence-corrected chi connectivity index (χ1v) is 8.13. The Kier molecular flexibility index (Phi) is 3.69. The molecule has 26 heavy (non-hydrogen) atoms. The third-order valence-electron chi connectivity index (χ3n) is 4.09. The molecule has 4 aromatic rings. The number of rotatable bonds is 3. The van der Waals surface area contributed by atoms with Gasteiger partial charge in [0.05, 0.1) is 17.6 Å². The zero-order chi connectivity index (χ0) is 18.3. The number of benzene rings is 2. The minimum Gasteiger partial charge on any atom is -0.508 e. The number of esters is 1. The van der Waals surface area contributed by atoms with Gasteiger partial charge in [-0.25, -0.2) is 14.8 Å². The van der Waals surface area contributed by atoms with Crippen molar-refractivity contribution in [1.82, 2.24) is 14.5 Å². The highest BCUT2D eigenvalue weighted by molar-refractivity contribution is 6.09. The molecule has 0 aliphatic rings. The second-order valence-electron chi connectivity index (χ2n) is 5.72. The summed E-state index contributed by atoms with van der Waals surface area (Å²) in [6, 6.07) is 13.9. The van der Waals surface area contributed by atoms with E-state index >= 15 is 0 Å². The average molecular weight is 348 g/mol. The summed E-state index contributed by atoms with van der Waals surface area (Å²) >= 11 is 0. The number of nitrogens with two attached hydrogens (primary N) is 1. The van der Waals surface area contributed by atoms with Crippen molar-refractivity contribution in [2.24, 2.45) is 0 Å². The molecule has 0 radical (unpaired) electrons. The summed E-state index contributed by atoms with van der Waals surface area (Å²) in [6.07, 6.45) is 0. The third-order valence-corrected chi connectivity index (χ3v) is 4.09. The number of carbonyl (C=O) groups is 1. The summed E-state index contributed by atoms with van der Waals surface area (Å²) in [7, 11) is 0. The molecular weight excluding hydrogens is 332 g/mol. The first kappa shape index (κ1) is 15.9. The second kappa shape index (κ2) is 6.03. The molecule has 2 aromatic carbocycles. The van der Waals surface area contributed by atoms with E-state index in [2.05, 4.69) is 9.97 Å². The van der Waals surface area contributed by atoms with E-state index in [4.69, 9.17) is 10.5 Å². The van der Waals surface area contributed by atoms with Crippen molar-refractivity contribution >= 4 is 34.0 Å². The highest BCUT2D eigenvalue weighted by Crippen LogP contribution is 2.31. The maximum Gasteiger partial charge on any atom is 0.344 e. The molecular formula is C19H16N4O3. The van der Waals surface area contributed by atoms with Gasteiger partial charge >= 0.3 is 5.97 Å². The summed E-state index contributed by atoms with van der Waals surface area (Å²) in [5.41, 5.74) is 9.33. The molecule has 0 spiro atoms. The molecule has 130 valence electrons. The van der Waals surface area contributed by atoms with E-state index in [1.807, 2.05) is 24.3 Å². The van der Waals surface area contributed by atoms with Gasteiger partial charge in [0.25, 0.3) is 0 Å². The van der Waals surface area contributed by atoms with Crippen molar-refractivity contribution in [2.45, 2.75) is 6.92 Å². The normalized spacial score (nSPS) is 11.1. The van der Waals surface area contributed by atoms with Crippen LogP contribution in [0.2, 0.25) is 0 Å². The molecule has 7 nitrogen and oxygen atoms in total. The molecule has 0 atom stereocenters. The molecule has 3 N–H and O–H groups in total. The lowest BCUT2D eigenvalue weighted by atomic mass is 10.2. The van der Waals surface area contributed by atoms with E-state index in [1.54, 1.807) is 35.8 Å². The minimum absolute atomic E-state index is 0.130. The van der Waals surface area contributed by atoms with E-state index in [9.17, 15) is 9.90 Å². The molecule has 2 heterocycles. The van der Waals surface area contributed by atoms with Gasteiger partial charge in [0.2, 0.25) is 0 Å². The van der Waals surface area contributed by atoms with Crippen molar-refractivity contribution in [3.63, 3.8) is 0 Å². The SMILES string of the molecule is CCOC(=O)c1c(N)n(-c2ccc(O)cc2)c2nc3ccccc3nc12. The molecule has 0 aliphatic carbocycles. The summed E-state index contributed by atoms with van der Waals surface area (Å²) in [4.78, 5) is 21.7. The Morgan fingerprint density at radius 1 is 1.12 bits per heavy atom. The van der Waals surface area contributed by atoms with Crippen LogP contribution in [0.4, 0.5) is 5.82 Å². The van der Waals surface area contributed by atoms with Crippen LogP contribution in [-0.2, 0) is 4.74 Å². The van der Waals surface area contributed by atoms with Gasteiger partial charge in [-0.05, 0) is 43.3 Å². The standard InChI is InChI=1S/C19H16N4O3/c1-2-26-19(25)15-16-18(22-14-6-4-3-5-13(14)21-16)23(17(15)20)11-7-9-12(24)10-8-11/h3-10,24H,2,20H2,1H3. The van der Waals surface area contributed by atoms with Crippen molar-refractivity contribution < 1.29 is 14.6 Å². The Labute approximate surface area is 148 Å². The van der Waals surface area contributed by atoms with Crippen molar-refractivity contribution in [2.75, 3.05) is 12.3 Å². The minimum atomic E-state index is -0.544. The van der Waals surface area contributed by atoms with Crippen LogP contribution < -0.4 is 5.73 Å². The van der Waals surface area contributed by atoms with Gasteiger partial charge in [-0.2, -0.15) is 0 Å². The molecule has 0 saturated carbocycles. The van der Waals surface area contributed by atoms with Gasteiger partial charge in [-0.1, -0.05) is 12.1 Å². The zero-order valence-electron chi connectivity index (χ0n) is 14.0. The Morgan fingerprint density at radius 2 is 1.77 bits per heavy atom. The van der Waals surface area contributed by atoms with E-state index in [-0.39, 0.29) is 23.7 Å². The second-order valence-corrected chi connectivity index (χ2v) is 5.72. The van der Waals surface area contributed by atoms with E-state index in [0.29, 0.717) is 27.9 Å². The molecule has 7 heteroatoms. The quantitative estimate of drug-likeness (QED) is 0.552. The lowest BCUT2D eigenvalue weighted by Crippen LogP contribution is -2.09. The van der Waals surface area contributed by atoms with Crippen molar-refractivity contribution in [3.8, 4) is 11.4 Å². The summed E-state index contributed by atoms with van der Waals surface area (Å²) < 4.78 is 6.80. The van der Waals surface area contributed by atoms with Crippen LogP contribution in [-0.4, -0.2) is 32.2 Å². The van der Waals surface area contributed by atoms with Gasteiger partial charge < -0.3 is 15.6 Å². The lowest BCUT2D eigenvalue weighted by Gasteiger charge is -2.08. The summed E-state index contributed by atoms with van der Waals surface area (Å²) in [6.45, 7) is 1.96. The van der Waals surface area contributed by atoms with Gasteiger partial charge in [0.15, 0.2) is 5.65 Å². The number of aromatic hydroxyl groups is 1. The lowest BCUT2D eigenvalue weighted by molar-refractivity contribution is 0.0529. The number of nitrogens with zero attached hydrogens (tertiary/aromatic N) is 3. The van der Waals surface area contributed by atoms with Gasteiger partial charge in [-0.3, -0.25) is 4.57 Å². The highest BCUT2D eigenvalue weighted by atomic mass is 16.5. The molecule has 2 aromatic heterocycles. The Hall–Kier alpha value is -3.61. The maximum absolute atomic E-state index is 12.5. The monoisotopic (exact) mass is 348 g/mol. The fourth-order valence-electron chi connectivity index (χ4n) is 2.93. The predicted molar refractivity (Wildman–Crippen MR) is 98.4 cm³/mol. The Morgan fingerprint density at radius 3 is 2.42 bits per heavy atom. The smallest absolute Gasteiger partial charge is 0.344 e. The Balaban J connectivity index is 2.09. The van der Waals surface area contributed by atoms with Crippen LogP contribution in [0.1, 0.15) is 17.3 Å². The van der Waals surface area contributed by atoms with Crippen LogP contribution in [0.25, 0.3) is 27.9 Å². The number of aromatic nitrogens is 3. The fourth-order valence-corrected chi connectivity index (χ4v) is 2.93. The Bertz CT molecular complexity index is 1130.